The second-order valence-corrected chi connectivity index (χ2v) is 12.6. The summed E-state index contributed by atoms with van der Waals surface area (Å²) < 4.78 is 27.7. The van der Waals surface area contributed by atoms with Gasteiger partial charge in [-0.2, -0.15) is 10.4 Å². The fourth-order valence-corrected chi connectivity index (χ4v) is 5.99. The molecule has 3 aromatic heterocycles. The maximum Gasteiger partial charge on any atom is 0.283 e. The van der Waals surface area contributed by atoms with Gasteiger partial charge in [-0.25, -0.2) is 32.8 Å². The van der Waals surface area contributed by atoms with E-state index in [1.165, 1.54) is 6.42 Å². The highest BCUT2D eigenvalue weighted by molar-refractivity contribution is 7.89. The molecule has 3 aromatic rings. The second-order valence-electron chi connectivity index (χ2n) is 10.9. The fraction of sp³-hybridized carbons (Fsp3) is 0.556. The van der Waals surface area contributed by atoms with Gasteiger partial charge in [-0.1, -0.05) is 33.1 Å². The van der Waals surface area contributed by atoms with E-state index in [9.17, 15) is 18.5 Å². The number of amides is 1. The van der Waals surface area contributed by atoms with E-state index in [0.29, 0.717) is 22.7 Å². The summed E-state index contributed by atoms with van der Waals surface area (Å²) in [4.78, 5) is 29.0. The summed E-state index contributed by atoms with van der Waals surface area (Å²) in [6, 6.07) is 4.11. The Morgan fingerprint density at radius 3 is 2.36 bits per heavy atom. The molecule has 206 valence electrons. The lowest BCUT2D eigenvalue weighted by molar-refractivity contribution is 0.0977. The van der Waals surface area contributed by atoms with E-state index in [-0.39, 0.29) is 23.6 Å². The molecule has 1 saturated heterocycles. The van der Waals surface area contributed by atoms with E-state index in [1.807, 2.05) is 9.40 Å². The van der Waals surface area contributed by atoms with Crippen LogP contribution >= 0.6 is 0 Å². The molecule has 5 rings (SSSR count). The molecular formula is C27H34N8O3S. The Morgan fingerprint density at radius 1 is 1.10 bits per heavy atom. The highest BCUT2D eigenvalue weighted by atomic mass is 32.2. The van der Waals surface area contributed by atoms with Gasteiger partial charge in [0.05, 0.1) is 29.4 Å². The first-order valence-corrected chi connectivity index (χ1v) is 15.5. The molecule has 4 heterocycles. The van der Waals surface area contributed by atoms with Crippen molar-refractivity contribution in [2.24, 2.45) is 5.92 Å². The van der Waals surface area contributed by atoms with Gasteiger partial charge in [0, 0.05) is 42.5 Å². The summed E-state index contributed by atoms with van der Waals surface area (Å²) in [5, 5.41) is 15.0. The van der Waals surface area contributed by atoms with Crippen molar-refractivity contribution < 1.29 is 13.2 Å². The van der Waals surface area contributed by atoms with E-state index in [0.717, 1.165) is 69.0 Å². The first-order valence-electron chi connectivity index (χ1n) is 13.6. The van der Waals surface area contributed by atoms with Gasteiger partial charge < -0.3 is 4.90 Å². The average Bonchev–Trinajstić information content (AvgIpc) is 3.32. The van der Waals surface area contributed by atoms with Crippen LogP contribution in [0, 0.1) is 17.2 Å². The third-order valence-electron chi connectivity index (χ3n) is 7.58. The fourth-order valence-electron chi connectivity index (χ4n) is 5.54. The largest absolute Gasteiger partial charge is 0.341 e. The molecule has 39 heavy (non-hydrogen) atoms. The SMILES string of the molecule is CC(C)c1nn(C2CCCCC2)c2nc(C(=O)NS(C)(=O)=O)cc(-c3cnc(N4CCC(C#N)CC4)nc3)c12. The summed E-state index contributed by atoms with van der Waals surface area (Å²) in [6.07, 6.45) is 11.3. The normalized spacial score (nSPS) is 17.5. The number of hydrogen-bond acceptors (Lipinski definition) is 9. The van der Waals surface area contributed by atoms with Crippen molar-refractivity contribution in [2.45, 2.75) is 70.8 Å². The molecule has 1 N–H and O–H groups in total. The number of nitriles is 1. The minimum Gasteiger partial charge on any atom is -0.341 e. The van der Waals surface area contributed by atoms with Crippen molar-refractivity contribution in [1.29, 1.82) is 5.26 Å². The predicted octanol–water partition coefficient (Wildman–Crippen LogP) is 3.95. The number of hydrogen-bond donors (Lipinski definition) is 1. The molecule has 1 aliphatic heterocycles. The number of anilines is 1. The summed E-state index contributed by atoms with van der Waals surface area (Å²) in [7, 11) is -3.78. The van der Waals surface area contributed by atoms with Crippen molar-refractivity contribution >= 4 is 32.9 Å². The lowest BCUT2D eigenvalue weighted by Crippen LogP contribution is -2.34. The number of aromatic nitrogens is 5. The van der Waals surface area contributed by atoms with E-state index >= 15 is 0 Å². The highest BCUT2D eigenvalue weighted by Crippen LogP contribution is 2.38. The van der Waals surface area contributed by atoms with Gasteiger partial charge in [-0.3, -0.25) is 4.79 Å². The monoisotopic (exact) mass is 550 g/mol. The molecule has 0 unspecified atom stereocenters. The minimum absolute atomic E-state index is 0.00200. The van der Waals surface area contributed by atoms with Crippen molar-refractivity contribution in [1.82, 2.24) is 29.5 Å². The number of rotatable bonds is 6. The average molecular weight is 551 g/mol. The molecule has 0 atom stereocenters. The quantitative estimate of drug-likeness (QED) is 0.482. The highest BCUT2D eigenvalue weighted by Gasteiger charge is 2.27. The van der Waals surface area contributed by atoms with E-state index in [4.69, 9.17) is 5.10 Å². The Hall–Kier alpha value is -3.59. The predicted molar refractivity (Wildman–Crippen MR) is 148 cm³/mol. The zero-order valence-corrected chi connectivity index (χ0v) is 23.4. The van der Waals surface area contributed by atoms with Crippen molar-refractivity contribution in [3.05, 3.63) is 29.8 Å². The Labute approximate surface area is 228 Å². The second kappa shape index (κ2) is 10.9. The van der Waals surface area contributed by atoms with Crippen LogP contribution in [0.15, 0.2) is 18.5 Å². The zero-order chi connectivity index (χ0) is 27.7. The van der Waals surface area contributed by atoms with Crippen LogP contribution < -0.4 is 9.62 Å². The first-order chi connectivity index (χ1) is 18.6. The topological polar surface area (TPSA) is 147 Å². The van der Waals surface area contributed by atoms with Gasteiger partial charge in [-0.15, -0.1) is 0 Å². The molecule has 2 fully saturated rings. The Kier molecular flexibility index (Phi) is 7.53. The number of fused-ring (bicyclic) bond motifs is 1. The van der Waals surface area contributed by atoms with Crippen LogP contribution in [0.25, 0.3) is 22.2 Å². The summed E-state index contributed by atoms with van der Waals surface area (Å²) in [5.41, 5.74) is 2.83. The number of sulfonamides is 1. The molecule has 12 heteroatoms. The van der Waals surface area contributed by atoms with Gasteiger partial charge in [-0.05, 0) is 37.7 Å². The Bertz CT molecular complexity index is 1510. The molecule has 0 spiro atoms. The molecule has 0 aromatic carbocycles. The molecule has 0 radical (unpaired) electrons. The molecular weight excluding hydrogens is 516 g/mol. The van der Waals surface area contributed by atoms with Gasteiger partial charge >= 0.3 is 0 Å². The zero-order valence-electron chi connectivity index (χ0n) is 22.6. The maximum atomic E-state index is 13.0. The lowest BCUT2D eigenvalue weighted by atomic mass is 9.95. The van der Waals surface area contributed by atoms with Crippen molar-refractivity contribution in [3.8, 4) is 17.2 Å². The first kappa shape index (κ1) is 27.0. The van der Waals surface area contributed by atoms with E-state index < -0.39 is 15.9 Å². The molecule has 1 aliphatic carbocycles. The van der Waals surface area contributed by atoms with Crippen LogP contribution in [0.5, 0.6) is 0 Å². The van der Waals surface area contributed by atoms with Crippen LogP contribution in [0.4, 0.5) is 5.95 Å². The van der Waals surface area contributed by atoms with Crippen molar-refractivity contribution in [2.75, 3.05) is 24.2 Å². The van der Waals surface area contributed by atoms with E-state index in [2.05, 4.69) is 39.8 Å². The van der Waals surface area contributed by atoms with Crippen LogP contribution in [0.3, 0.4) is 0 Å². The van der Waals surface area contributed by atoms with E-state index in [1.54, 1.807) is 18.5 Å². The van der Waals surface area contributed by atoms with Gasteiger partial charge in [0.2, 0.25) is 16.0 Å². The molecule has 1 amide bonds. The molecule has 11 nitrogen and oxygen atoms in total. The third-order valence-corrected chi connectivity index (χ3v) is 8.13. The van der Waals surface area contributed by atoms with Crippen molar-refractivity contribution in [3.63, 3.8) is 0 Å². The lowest BCUT2D eigenvalue weighted by Gasteiger charge is -2.29. The molecule has 2 aliphatic rings. The summed E-state index contributed by atoms with van der Waals surface area (Å²) in [6.45, 7) is 5.59. The summed E-state index contributed by atoms with van der Waals surface area (Å²) >= 11 is 0. The Morgan fingerprint density at radius 2 is 1.77 bits per heavy atom. The van der Waals surface area contributed by atoms with Crippen LogP contribution in [-0.4, -0.2) is 58.4 Å². The minimum atomic E-state index is -3.78. The number of nitrogens with one attached hydrogen (secondary N) is 1. The standard InChI is InChI=1S/C27H34N8O3S/c1-17(2)24-23-21(19-15-29-27(30-16-19)34-11-9-18(14-28)10-12-34)13-22(26(36)33-39(3,37)38)31-25(23)35(32-24)20-7-5-4-6-8-20/h13,15-18,20H,4-12H2,1-3H3,(H,33,36). The molecule has 1 saturated carbocycles. The van der Waals surface area contributed by atoms with Crippen LogP contribution in [-0.2, 0) is 10.0 Å². The van der Waals surface area contributed by atoms with Crippen LogP contribution in [0.1, 0.15) is 86.9 Å². The number of nitrogens with zero attached hydrogens (tertiary/aromatic N) is 7. The number of carbonyl (C=O) groups is 1. The maximum absolute atomic E-state index is 13.0. The number of pyridine rings is 1. The smallest absolute Gasteiger partial charge is 0.283 e. The summed E-state index contributed by atoms with van der Waals surface area (Å²) in [5.74, 6) is -0.0361. The number of piperidine rings is 1. The van der Waals surface area contributed by atoms with Gasteiger partial charge in [0.1, 0.15) is 5.69 Å². The Balaban J connectivity index is 1.62. The van der Waals surface area contributed by atoms with Crippen LogP contribution in [0.2, 0.25) is 0 Å². The molecule has 0 bridgehead atoms. The van der Waals surface area contributed by atoms with Gasteiger partial charge in [0.15, 0.2) is 5.65 Å². The third kappa shape index (κ3) is 5.73. The number of carbonyl (C=O) groups excluding carboxylic acids is 1. The van der Waals surface area contributed by atoms with Gasteiger partial charge in [0.25, 0.3) is 5.91 Å².